The van der Waals surface area contributed by atoms with Crippen LogP contribution in [0.2, 0.25) is 0 Å². The van der Waals surface area contributed by atoms with Crippen LogP contribution in [0, 0.1) is 0 Å². The molecule has 0 spiro atoms. The highest BCUT2D eigenvalue weighted by atomic mass is 16.8. The minimum absolute atomic E-state index is 0.332. The van der Waals surface area contributed by atoms with Gasteiger partial charge in [-0.2, -0.15) is 0 Å². The zero-order chi connectivity index (χ0) is 14.5. The monoisotopic (exact) mass is 268 g/mol. The Morgan fingerprint density at radius 1 is 1.37 bits per heavy atom. The number of cyclic esters (lactones) is 2. The van der Waals surface area contributed by atoms with Gasteiger partial charge >= 0.3 is 6.16 Å². The Labute approximate surface area is 110 Å². The van der Waals surface area contributed by atoms with Crippen LogP contribution in [-0.4, -0.2) is 30.1 Å². The predicted octanol–water partition coefficient (Wildman–Crippen LogP) is 0.364. The molecule has 0 unspecified atom stereocenters. The predicted molar refractivity (Wildman–Crippen MR) is 65.7 cm³/mol. The molecule has 0 atom stereocenters. The van der Waals surface area contributed by atoms with Crippen molar-refractivity contribution in [2.45, 2.75) is 25.9 Å². The molecule has 1 heterocycles. The molecule has 0 saturated carbocycles. The van der Waals surface area contributed by atoms with E-state index < -0.39 is 23.6 Å². The van der Waals surface area contributed by atoms with Crippen LogP contribution in [0.1, 0.15) is 20.3 Å². The van der Waals surface area contributed by atoms with E-state index in [0.717, 1.165) is 12.2 Å². The molecule has 0 aromatic carbocycles. The average molecular weight is 268 g/mol. The number of amides is 2. The molecule has 2 amide bonds. The van der Waals surface area contributed by atoms with Crippen LogP contribution < -0.4 is 11.1 Å². The highest BCUT2D eigenvalue weighted by Gasteiger charge is 2.38. The maximum atomic E-state index is 11.2. The lowest BCUT2D eigenvalue weighted by molar-refractivity contribution is -0.117. The summed E-state index contributed by atoms with van der Waals surface area (Å²) in [7, 11) is 0. The fourth-order valence-corrected chi connectivity index (χ4v) is 1.39. The van der Waals surface area contributed by atoms with Gasteiger partial charge in [-0.15, -0.1) is 0 Å². The van der Waals surface area contributed by atoms with Crippen molar-refractivity contribution >= 4 is 18.0 Å². The Hall–Kier alpha value is -2.31. The molecule has 0 aromatic rings. The zero-order valence-electron chi connectivity index (χ0n) is 10.8. The van der Waals surface area contributed by atoms with Crippen LogP contribution in [0.4, 0.5) is 4.79 Å². The van der Waals surface area contributed by atoms with Crippen LogP contribution in [-0.2, 0) is 19.1 Å². The summed E-state index contributed by atoms with van der Waals surface area (Å²) in [4.78, 5) is 32.5. The number of nitrogens with two attached hydrogens (primary N) is 1. The molecule has 1 rings (SSSR count). The molecule has 1 aliphatic heterocycles. The molecule has 1 fully saturated rings. The van der Waals surface area contributed by atoms with Gasteiger partial charge in [0.05, 0.1) is 0 Å². The van der Waals surface area contributed by atoms with Crippen molar-refractivity contribution < 1.29 is 23.9 Å². The summed E-state index contributed by atoms with van der Waals surface area (Å²) in [5.74, 6) is -0.690. The number of rotatable bonds is 5. The molecule has 0 bridgehead atoms. The molecule has 104 valence electrons. The lowest BCUT2D eigenvalue weighted by atomic mass is 10.1. The number of primary amides is 1. The summed E-state index contributed by atoms with van der Waals surface area (Å²) in [5, 5.41) is 2.54. The first kappa shape index (κ1) is 14.7. The minimum Gasteiger partial charge on any atom is -0.420 e. The average Bonchev–Trinajstić information content (AvgIpc) is 2.55. The van der Waals surface area contributed by atoms with Gasteiger partial charge in [0, 0.05) is 18.7 Å². The molecule has 1 saturated heterocycles. The van der Waals surface area contributed by atoms with Crippen molar-refractivity contribution in [3.63, 3.8) is 0 Å². The highest BCUT2D eigenvalue weighted by molar-refractivity contribution is 5.95. The van der Waals surface area contributed by atoms with Gasteiger partial charge in [0.1, 0.15) is 0 Å². The Morgan fingerprint density at radius 3 is 2.58 bits per heavy atom. The van der Waals surface area contributed by atoms with E-state index in [0.29, 0.717) is 18.7 Å². The fraction of sp³-hybridized carbons (Fsp3) is 0.417. The molecule has 0 aliphatic carbocycles. The Bertz CT molecular complexity index is 451. The standard InChI is InChI=1S/C12H16N2O5/c1-12(2)8(18-11(17)19-12)4-3-7-14-10(16)6-5-9(13)15/h4-6H,3,7H2,1-2H3,(H2,13,15)(H,14,16)/b6-5+,8-4?. The third kappa shape index (κ3) is 4.82. The third-order valence-corrected chi connectivity index (χ3v) is 2.30. The van der Waals surface area contributed by atoms with Gasteiger partial charge < -0.3 is 20.5 Å². The topological polar surface area (TPSA) is 108 Å². The highest BCUT2D eigenvalue weighted by Crippen LogP contribution is 2.29. The van der Waals surface area contributed by atoms with Gasteiger partial charge in [0.25, 0.3) is 0 Å². The van der Waals surface area contributed by atoms with Crippen LogP contribution in [0.15, 0.2) is 24.0 Å². The Kier molecular flexibility index (Phi) is 4.68. The molecule has 1 aliphatic rings. The van der Waals surface area contributed by atoms with E-state index >= 15 is 0 Å². The molecular formula is C12H16N2O5. The Balaban J connectivity index is 2.37. The molecule has 0 radical (unpaired) electrons. The molecule has 7 nitrogen and oxygen atoms in total. The number of carbonyl (C=O) groups excluding carboxylic acids is 3. The quantitative estimate of drug-likeness (QED) is 0.425. The van der Waals surface area contributed by atoms with Gasteiger partial charge in [0.15, 0.2) is 11.4 Å². The van der Waals surface area contributed by atoms with Crippen LogP contribution in [0.25, 0.3) is 0 Å². The number of hydrogen-bond acceptors (Lipinski definition) is 5. The maximum Gasteiger partial charge on any atom is 0.514 e. The van der Waals surface area contributed by atoms with Gasteiger partial charge in [-0.25, -0.2) is 4.79 Å². The van der Waals surface area contributed by atoms with Crippen molar-refractivity contribution in [3.8, 4) is 0 Å². The lowest BCUT2D eigenvalue weighted by Gasteiger charge is -2.13. The van der Waals surface area contributed by atoms with Gasteiger partial charge in [-0.3, -0.25) is 9.59 Å². The summed E-state index contributed by atoms with van der Waals surface area (Å²) in [6, 6.07) is 0. The van der Waals surface area contributed by atoms with Crippen molar-refractivity contribution in [1.29, 1.82) is 0 Å². The molecule has 0 aromatic heterocycles. The van der Waals surface area contributed by atoms with Crippen LogP contribution >= 0.6 is 0 Å². The van der Waals surface area contributed by atoms with E-state index in [1.54, 1.807) is 19.9 Å². The summed E-state index contributed by atoms with van der Waals surface area (Å²) < 4.78 is 9.80. The maximum absolute atomic E-state index is 11.2. The van der Waals surface area contributed by atoms with Crippen molar-refractivity contribution in [2.75, 3.05) is 6.54 Å². The second kappa shape index (κ2) is 6.03. The number of ether oxygens (including phenoxy) is 2. The normalized spacial score (nSPS) is 19.3. The van der Waals surface area contributed by atoms with E-state index in [-0.39, 0.29) is 0 Å². The van der Waals surface area contributed by atoms with E-state index in [2.05, 4.69) is 5.32 Å². The molecule has 7 heteroatoms. The second-order valence-corrected chi connectivity index (χ2v) is 4.35. The van der Waals surface area contributed by atoms with Crippen molar-refractivity contribution in [1.82, 2.24) is 5.32 Å². The largest absolute Gasteiger partial charge is 0.514 e. The molecular weight excluding hydrogens is 252 g/mol. The van der Waals surface area contributed by atoms with Gasteiger partial charge in [-0.05, 0) is 26.3 Å². The third-order valence-electron chi connectivity index (χ3n) is 2.30. The SMILES string of the molecule is CC1(C)OC(=O)OC1=CCCNC(=O)/C=C/C(N)=O. The number of hydrogen-bond donors (Lipinski definition) is 2. The number of nitrogens with one attached hydrogen (secondary N) is 1. The van der Waals surface area contributed by atoms with Gasteiger partial charge in [-0.1, -0.05) is 0 Å². The van der Waals surface area contributed by atoms with Crippen LogP contribution in [0.3, 0.4) is 0 Å². The lowest BCUT2D eigenvalue weighted by Crippen LogP contribution is -2.23. The van der Waals surface area contributed by atoms with E-state index in [4.69, 9.17) is 15.2 Å². The first-order valence-electron chi connectivity index (χ1n) is 5.68. The van der Waals surface area contributed by atoms with E-state index in [9.17, 15) is 14.4 Å². The van der Waals surface area contributed by atoms with E-state index in [1.807, 2.05) is 0 Å². The van der Waals surface area contributed by atoms with Gasteiger partial charge in [0.2, 0.25) is 11.8 Å². The summed E-state index contributed by atoms with van der Waals surface area (Å²) in [6.45, 7) is 3.74. The number of carbonyl (C=O) groups is 3. The summed E-state index contributed by atoms with van der Waals surface area (Å²) >= 11 is 0. The first-order valence-corrected chi connectivity index (χ1v) is 5.68. The summed E-state index contributed by atoms with van der Waals surface area (Å²) in [6.07, 6.45) is 3.43. The van der Waals surface area contributed by atoms with Crippen molar-refractivity contribution in [3.05, 3.63) is 24.0 Å². The second-order valence-electron chi connectivity index (χ2n) is 4.35. The molecule has 3 N–H and O–H groups in total. The van der Waals surface area contributed by atoms with Crippen molar-refractivity contribution in [2.24, 2.45) is 5.73 Å². The fourth-order valence-electron chi connectivity index (χ4n) is 1.39. The van der Waals surface area contributed by atoms with E-state index in [1.165, 1.54) is 0 Å². The smallest absolute Gasteiger partial charge is 0.420 e. The minimum atomic E-state index is -0.785. The zero-order valence-corrected chi connectivity index (χ0v) is 10.8. The molecule has 19 heavy (non-hydrogen) atoms. The Morgan fingerprint density at radius 2 is 2.05 bits per heavy atom. The first-order chi connectivity index (χ1) is 8.81. The summed E-state index contributed by atoms with van der Waals surface area (Å²) in [5.41, 5.74) is 4.06. The van der Waals surface area contributed by atoms with Crippen LogP contribution in [0.5, 0.6) is 0 Å².